The van der Waals surface area contributed by atoms with Crippen LogP contribution in [0.4, 0.5) is 0 Å². The summed E-state index contributed by atoms with van der Waals surface area (Å²) < 4.78 is 5.22. The Kier molecular flexibility index (Phi) is 5.38. The van der Waals surface area contributed by atoms with Gasteiger partial charge in [-0.05, 0) is 38.1 Å². The third-order valence-corrected chi connectivity index (χ3v) is 4.19. The fourth-order valence-electron chi connectivity index (χ4n) is 2.89. The van der Waals surface area contributed by atoms with Gasteiger partial charge in [0.2, 0.25) is 5.88 Å². The molecule has 1 saturated heterocycles. The molecule has 0 spiro atoms. The van der Waals surface area contributed by atoms with E-state index in [0.29, 0.717) is 23.7 Å². The fraction of sp³-hybridized carbons (Fsp3) is 0.389. The first-order chi connectivity index (χ1) is 11.8. The van der Waals surface area contributed by atoms with E-state index in [9.17, 15) is 4.79 Å². The second-order valence-corrected chi connectivity index (χ2v) is 5.80. The predicted octanol–water partition coefficient (Wildman–Crippen LogP) is 1.98. The van der Waals surface area contributed by atoms with Crippen molar-refractivity contribution in [3.63, 3.8) is 0 Å². The van der Waals surface area contributed by atoms with Crippen molar-refractivity contribution in [1.82, 2.24) is 20.2 Å². The van der Waals surface area contributed by atoms with E-state index in [4.69, 9.17) is 4.74 Å². The molecular formula is C18H22N4O2. The molecule has 1 amide bonds. The number of ether oxygens (including phenoxy) is 1. The molecule has 1 aromatic heterocycles. The maximum absolute atomic E-state index is 12.2. The highest BCUT2D eigenvalue weighted by atomic mass is 16.5. The molecule has 6 heteroatoms. The van der Waals surface area contributed by atoms with E-state index in [1.165, 1.54) is 12.8 Å². The quantitative estimate of drug-likeness (QED) is 0.879. The van der Waals surface area contributed by atoms with Crippen molar-refractivity contribution in [3.05, 3.63) is 42.2 Å². The summed E-state index contributed by atoms with van der Waals surface area (Å²) in [6, 6.07) is 7.33. The van der Waals surface area contributed by atoms with Crippen molar-refractivity contribution < 1.29 is 9.53 Å². The third kappa shape index (κ3) is 3.89. The Bertz CT molecular complexity index is 682. The molecule has 0 radical (unpaired) electrons. The Labute approximate surface area is 141 Å². The summed E-state index contributed by atoms with van der Waals surface area (Å²) in [6.07, 6.45) is 5.74. The Morgan fingerprint density at radius 1 is 1.17 bits per heavy atom. The molecule has 0 saturated carbocycles. The molecule has 1 fully saturated rings. The van der Waals surface area contributed by atoms with Gasteiger partial charge >= 0.3 is 0 Å². The lowest BCUT2D eigenvalue weighted by Crippen LogP contribution is -2.33. The van der Waals surface area contributed by atoms with Crippen LogP contribution in [0.15, 0.2) is 36.7 Å². The van der Waals surface area contributed by atoms with Gasteiger partial charge in [-0.3, -0.25) is 4.79 Å². The van der Waals surface area contributed by atoms with Crippen molar-refractivity contribution in [2.24, 2.45) is 0 Å². The highest BCUT2D eigenvalue weighted by Crippen LogP contribution is 2.25. The summed E-state index contributed by atoms with van der Waals surface area (Å²) in [5.41, 5.74) is 2.18. The molecule has 24 heavy (non-hydrogen) atoms. The number of aromatic nitrogens is 2. The minimum Gasteiger partial charge on any atom is -0.479 e. The summed E-state index contributed by atoms with van der Waals surface area (Å²) in [4.78, 5) is 23.0. The van der Waals surface area contributed by atoms with Crippen LogP contribution >= 0.6 is 0 Å². The third-order valence-electron chi connectivity index (χ3n) is 4.19. The molecule has 126 valence electrons. The zero-order valence-electron chi connectivity index (χ0n) is 13.9. The number of nitrogens with one attached hydrogen (secondary N) is 1. The number of nitrogens with zero attached hydrogens (tertiary/aromatic N) is 3. The van der Waals surface area contributed by atoms with Crippen LogP contribution in [0.25, 0.3) is 11.3 Å². The van der Waals surface area contributed by atoms with Crippen molar-refractivity contribution in [2.75, 3.05) is 33.3 Å². The number of benzene rings is 1. The Balaban J connectivity index is 1.60. The summed E-state index contributed by atoms with van der Waals surface area (Å²) in [5.74, 6) is 0.423. The van der Waals surface area contributed by atoms with Crippen LogP contribution in [0.2, 0.25) is 0 Å². The van der Waals surface area contributed by atoms with Gasteiger partial charge in [-0.2, -0.15) is 0 Å². The number of likely N-dealkylation sites (tertiary alicyclic amines) is 1. The number of carbonyl (C=O) groups excluding carboxylic acids is 1. The van der Waals surface area contributed by atoms with Gasteiger partial charge in [-0.1, -0.05) is 12.1 Å². The first-order valence-corrected chi connectivity index (χ1v) is 8.24. The summed E-state index contributed by atoms with van der Waals surface area (Å²) in [7, 11) is 1.57. The summed E-state index contributed by atoms with van der Waals surface area (Å²) in [6.45, 7) is 3.88. The second kappa shape index (κ2) is 7.88. The molecule has 0 aliphatic carbocycles. The van der Waals surface area contributed by atoms with Crippen LogP contribution in [-0.4, -0.2) is 54.1 Å². The molecule has 1 N–H and O–H groups in total. The van der Waals surface area contributed by atoms with Gasteiger partial charge in [0.1, 0.15) is 5.69 Å². The molecule has 0 atom stereocenters. The molecule has 1 aromatic carbocycles. The summed E-state index contributed by atoms with van der Waals surface area (Å²) in [5, 5.41) is 2.97. The lowest BCUT2D eigenvalue weighted by atomic mass is 10.1. The van der Waals surface area contributed by atoms with Crippen LogP contribution in [0.5, 0.6) is 5.88 Å². The van der Waals surface area contributed by atoms with E-state index in [1.807, 2.05) is 12.1 Å². The second-order valence-electron chi connectivity index (χ2n) is 5.80. The van der Waals surface area contributed by atoms with Crippen molar-refractivity contribution in [2.45, 2.75) is 12.8 Å². The van der Waals surface area contributed by atoms with Crippen LogP contribution in [0.3, 0.4) is 0 Å². The molecule has 6 nitrogen and oxygen atoms in total. The number of methoxy groups -OCH3 is 1. The van der Waals surface area contributed by atoms with Crippen molar-refractivity contribution >= 4 is 5.91 Å². The van der Waals surface area contributed by atoms with Gasteiger partial charge in [0.25, 0.3) is 5.91 Å². The van der Waals surface area contributed by atoms with Gasteiger partial charge in [0.15, 0.2) is 0 Å². The molecule has 0 bridgehead atoms. The monoisotopic (exact) mass is 326 g/mol. The number of hydrogen-bond acceptors (Lipinski definition) is 5. The molecule has 3 rings (SSSR count). The minimum atomic E-state index is -0.0492. The number of carbonyl (C=O) groups is 1. The van der Waals surface area contributed by atoms with Gasteiger partial charge < -0.3 is 15.0 Å². The zero-order valence-corrected chi connectivity index (χ0v) is 13.9. The Hall–Kier alpha value is -2.47. The van der Waals surface area contributed by atoms with Crippen LogP contribution in [-0.2, 0) is 0 Å². The highest BCUT2D eigenvalue weighted by molar-refractivity contribution is 5.94. The lowest BCUT2D eigenvalue weighted by Gasteiger charge is -2.14. The minimum absolute atomic E-state index is 0.0492. The van der Waals surface area contributed by atoms with Crippen LogP contribution < -0.4 is 10.1 Å². The van der Waals surface area contributed by atoms with Gasteiger partial charge in [-0.15, -0.1) is 0 Å². The Morgan fingerprint density at radius 2 is 1.88 bits per heavy atom. The maximum Gasteiger partial charge on any atom is 0.251 e. The van der Waals surface area contributed by atoms with E-state index in [1.54, 1.807) is 31.6 Å². The highest BCUT2D eigenvalue weighted by Gasteiger charge is 2.12. The van der Waals surface area contributed by atoms with Crippen LogP contribution in [0.1, 0.15) is 23.2 Å². The molecule has 2 heterocycles. The molecule has 0 unspecified atom stereocenters. The SMILES string of the molecule is COc1nccnc1-c1ccc(C(=O)NCCN2CCCC2)cc1. The predicted molar refractivity (Wildman–Crippen MR) is 92.0 cm³/mol. The van der Waals surface area contributed by atoms with Crippen LogP contribution in [0, 0.1) is 0 Å². The number of amides is 1. The fourth-order valence-corrected chi connectivity index (χ4v) is 2.89. The molecular weight excluding hydrogens is 304 g/mol. The van der Waals surface area contributed by atoms with E-state index < -0.39 is 0 Å². The number of rotatable bonds is 6. The average molecular weight is 326 g/mol. The van der Waals surface area contributed by atoms with Crippen molar-refractivity contribution in [1.29, 1.82) is 0 Å². The smallest absolute Gasteiger partial charge is 0.251 e. The van der Waals surface area contributed by atoms with Crippen molar-refractivity contribution in [3.8, 4) is 17.1 Å². The van der Waals surface area contributed by atoms with E-state index >= 15 is 0 Å². The standard InChI is InChI=1S/C18H22N4O2/c1-24-18-16(19-8-9-21-18)14-4-6-15(7-5-14)17(23)20-10-13-22-11-2-3-12-22/h4-9H,2-3,10-13H2,1H3,(H,20,23). The zero-order chi connectivity index (χ0) is 16.8. The van der Waals surface area contributed by atoms with E-state index in [2.05, 4.69) is 20.2 Å². The average Bonchev–Trinajstić information content (AvgIpc) is 3.15. The van der Waals surface area contributed by atoms with E-state index in [0.717, 1.165) is 25.2 Å². The first-order valence-electron chi connectivity index (χ1n) is 8.24. The topological polar surface area (TPSA) is 67.3 Å². The largest absolute Gasteiger partial charge is 0.479 e. The Morgan fingerprint density at radius 3 is 2.58 bits per heavy atom. The molecule has 1 aliphatic rings. The molecule has 1 aliphatic heterocycles. The van der Waals surface area contributed by atoms with E-state index in [-0.39, 0.29) is 5.91 Å². The van der Waals surface area contributed by atoms with Gasteiger partial charge in [0, 0.05) is 36.6 Å². The first kappa shape index (κ1) is 16.4. The molecule has 2 aromatic rings. The summed E-state index contributed by atoms with van der Waals surface area (Å²) >= 11 is 0. The maximum atomic E-state index is 12.2. The van der Waals surface area contributed by atoms with Gasteiger partial charge in [-0.25, -0.2) is 9.97 Å². The normalized spacial score (nSPS) is 14.5. The van der Waals surface area contributed by atoms with Gasteiger partial charge in [0.05, 0.1) is 7.11 Å². The number of hydrogen-bond donors (Lipinski definition) is 1. The lowest BCUT2D eigenvalue weighted by molar-refractivity contribution is 0.0950.